The van der Waals surface area contributed by atoms with Crippen LogP contribution in [-0.2, 0) is 13.1 Å². The van der Waals surface area contributed by atoms with E-state index in [1.807, 2.05) is 121 Å². The summed E-state index contributed by atoms with van der Waals surface area (Å²) in [6, 6.07) is 54.1. The first-order valence-electron chi connectivity index (χ1n) is 21.4. The number of carbonyl (C=O) groups excluding carboxylic acids is 2. The first kappa shape index (κ1) is 50.9. The Balaban J connectivity index is 1.22. The van der Waals surface area contributed by atoms with Crippen molar-refractivity contribution in [2.24, 2.45) is 20.0 Å². The third-order valence-corrected chi connectivity index (χ3v) is 13.7. The molecule has 7 aromatic carbocycles. The van der Waals surface area contributed by atoms with Gasteiger partial charge in [-0.15, -0.1) is 0 Å². The average Bonchev–Trinajstić information content (AvgIpc) is 3.35. The van der Waals surface area contributed by atoms with Crippen molar-refractivity contribution in [2.75, 3.05) is 13.1 Å². The van der Waals surface area contributed by atoms with E-state index < -0.39 is 11.8 Å². The van der Waals surface area contributed by atoms with E-state index in [1.165, 1.54) is 0 Å². The molecule has 7 aromatic rings. The molecule has 7 rings (SSSR count). The normalized spacial score (nSPS) is 12.2. The largest absolute Gasteiger partial charge is 0.352 e. The molecule has 342 valence electrons. The number of amides is 2. The van der Waals surface area contributed by atoms with Gasteiger partial charge in [0.15, 0.2) is 11.7 Å². The van der Waals surface area contributed by atoms with Gasteiger partial charge >= 0.3 is 0 Å². The highest BCUT2D eigenvalue weighted by molar-refractivity contribution is 9.11. The number of hydrogen-bond acceptors (Lipinski definition) is 2. The van der Waals surface area contributed by atoms with Crippen LogP contribution in [0.2, 0.25) is 0 Å². The van der Waals surface area contributed by atoms with Gasteiger partial charge in [0.2, 0.25) is 0 Å². The Hall–Kier alpha value is -4.96. The van der Waals surface area contributed by atoms with Crippen LogP contribution in [0.3, 0.4) is 0 Å². The molecular formula is C54H42Br6N6O2. The summed E-state index contributed by atoms with van der Waals surface area (Å²) in [5.41, 5.74) is 6.18. The van der Waals surface area contributed by atoms with Crippen molar-refractivity contribution < 1.29 is 9.59 Å². The van der Waals surface area contributed by atoms with Crippen LogP contribution in [0, 0.1) is 0 Å². The summed E-state index contributed by atoms with van der Waals surface area (Å²) in [7, 11) is 0. The van der Waals surface area contributed by atoms with Crippen LogP contribution < -0.4 is 0 Å². The van der Waals surface area contributed by atoms with Crippen LogP contribution in [0.15, 0.2) is 217 Å². The Morgan fingerprint density at radius 1 is 0.338 bits per heavy atom. The van der Waals surface area contributed by atoms with Crippen molar-refractivity contribution >= 4 is 131 Å². The number of amidine groups is 4. The Morgan fingerprint density at radius 2 is 0.574 bits per heavy atom. The van der Waals surface area contributed by atoms with Gasteiger partial charge in [-0.25, -0.2) is 9.98 Å². The molecule has 0 saturated carbocycles. The Morgan fingerprint density at radius 3 is 0.824 bits per heavy atom. The van der Waals surface area contributed by atoms with Crippen molar-refractivity contribution in [2.45, 2.75) is 26.9 Å². The summed E-state index contributed by atoms with van der Waals surface area (Å²) >= 11 is 21.2. The molecule has 0 radical (unpaired) electrons. The first-order chi connectivity index (χ1) is 32.8. The minimum absolute atomic E-state index is 0.297. The molecule has 14 heteroatoms. The molecule has 0 aliphatic heterocycles. The summed E-state index contributed by atoms with van der Waals surface area (Å²) in [6.45, 7) is 6.48. The van der Waals surface area contributed by atoms with Gasteiger partial charge < -0.3 is 9.80 Å². The topological polar surface area (TPSA) is 90.1 Å². The Bertz CT molecular complexity index is 2770. The maximum atomic E-state index is 13.7. The zero-order chi connectivity index (χ0) is 48.2. The van der Waals surface area contributed by atoms with Crippen molar-refractivity contribution in [3.8, 4) is 0 Å². The molecule has 0 aromatic heterocycles. The fourth-order valence-electron chi connectivity index (χ4n) is 6.91. The maximum absolute atomic E-state index is 13.7. The van der Waals surface area contributed by atoms with Gasteiger partial charge in [0.05, 0.1) is 0 Å². The Labute approximate surface area is 447 Å². The minimum atomic E-state index is -0.395. The number of carbonyl (C=O) groups is 2. The molecule has 8 nitrogen and oxygen atoms in total. The van der Waals surface area contributed by atoms with Gasteiger partial charge in [-0.05, 0) is 122 Å². The van der Waals surface area contributed by atoms with E-state index >= 15 is 0 Å². The molecule has 0 aliphatic carbocycles. The third-order valence-electron chi connectivity index (χ3n) is 10.6. The summed E-state index contributed by atoms with van der Waals surface area (Å²) < 4.78 is 5.41. The number of hydrogen-bond donors (Lipinski definition) is 0. The first-order valence-corrected chi connectivity index (χ1v) is 26.2. The van der Waals surface area contributed by atoms with Gasteiger partial charge in [0.25, 0.3) is 11.8 Å². The van der Waals surface area contributed by atoms with Crippen LogP contribution in [0.4, 0.5) is 0 Å². The molecule has 0 bridgehead atoms. The van der Waals surface area contributed by atoms with Gasteiger partial charge in [-0.3, -0.25) is 9.59 Å². The molecule has 0 N–H and O–H groups in total. The smallest absolute Gasteiger partial charge is 0.279 e. The number of halogens is 6. The predicted molar refractivity (Wildman–Crippen MR) is 298 cm³/mol. The van der Waals surface area contributed by atoms with E-state index in [9.17, 15) is 9.59 Å². The third kappa shape index (κ3) is 14.1. The molecule has 0 heterocycles. The molecule has 0 saturated heterocycles. The fourth-order valence-corrected chi connectivity index (χ4v) is 8.50. The molecule has 0 aliphatic rings. The number of rotatable bonds is 12. The van der Waals surface area contributed by atoms with Crippen LogP contribution >= 0.6 is 95.6 Å². The van der Waals surface area contributed by atoms with Gasteiger partial charge in [-0.1, -0.05) is 168 Å². The van der Waals surface area contributed by atoms with Gasteiger partial charge in [-0.2, -0.15) is 9.98 Å². The zero-order valence-corrected chi connectivity index (χ0v) is 46.3. The maximum Gasteiger partial charge on any atom is 0.279 e. The van der Waals surface area contributed by atoms with Crippen LogP contribution in [0.1, 0.15) is 67.9 Å². The fraction of sp³-hybridized carbons (Fsp3) is 0.111. The lowest BCUT2D eigenvalue weighted by Crippen LogP contribution is -2.33. The quantitative estimate of drug-likeness (QED) is 0.0900. The Kier molecular flexibility index (Phi) is 18.4. The molecule has 68 heavy (non-hydrogen) atoms. The van der Waals surface area contributed by atoms with Crippen molar-refractivity contribution in [3.05, 3.63) is 241 Å². The molecule has 0 unspecified atom stereocenters. The highest BCUT2D eigenvalue weighted by Gasteiger charge is 2.20. The standard InChI is InChI=1S/C54H42Br6N6O2/c1-3-65(51(39-13-25-45(57)26-14-39)61-49(37-9-21-43(55)22-10-37)63-53(67)41-17-29-47(59)30-18-41)33-35-5-7-36(8-6-35)34-66(4-2)52(40-15-27-46(58)28-16-40)62-50(38-11-23-44(56)24-12-38)64-54(68)42-19-31-48(60)32-20-42/h5-32H,3-4,33-34H2,1-2H3. The summed E-state index contributed by atoms with van der Waals surface area (Å²) in [6.07, 6.45) is 0. The molecule has 2 amide bonds. The average molecular weight is 1290 g/mol. The molecular weight excluding hydrogens is 1240 g/mol. The van der Waals surface area contributed by atoms with Crippen LogP contribution in [0.25, 0.3) is 0 Å². The van der Waals surface area contributed by atoms with Crippen molar-refractivity contribution in [1.82, 2.24) is 9.80 Å². The SMILES string of the molecule is CCN(Cc1ccc(CN(CC)C(=NC(=NC(=O)c2ccc(Br)cc2)c2ccc(Br)cc2)c2ccc(Br)cc2)cc1)C(=NC(=NC(=O)c1ccc(Br)cc1)c1ccc(Br)cc1)c1ccc(Br)cc1. The highest BCUT2D eigenvalue weighted by Crippen LogP contribution is 2.23. The van der Waals surface area contributed by atoms with Gasteiger partial charge in [0, 0.05) is 86.4 Å². The van der Waals surface area contributed by atoms with Crippen LogP contribution in [0.5, 0.6) is 0 Å². The van der Waals surface area contributed by atoms with Crippen molar-refractivity contribution in [3.63, 3.8) is 0 Å². The lowest BCUT2D eigenvalue weighted by molar-refractivity contribution is 0.0994. The monoisotopic (exact) mass is 1280 g/mol. The van der Waals surface area contributed by atoms with E-state index in [0.29, 0.717) is 71.8 Å². The summed E-state index contributed by atoms with van der Waals surface area (Å²) in [5.74, 6) is 1.14. The molecule has 0 fully saturated rings. The summed E-state index contributed by atoms with van der Waals surface area (Å²) in [5, 5.41) is 0. The predicted octanol–water partition coefficient (Wildman–Crippen LogP) is 15.4. The summed E-state index contributed by atoms with van der Waals surface area (Å²) in [4.78, 5) is 51.4. The number of nitrogens with zero attached hydrogens (tertiary/aromatic N) is 6. The number of benzene rings is 7. The van der Waals surface area contributed by atoms with E-state index in [4.69, 9.17) is 9.98 Å². The van der Waals surface area contributed by atoms with Crippen molar-refractivity contribution in [1.29, 1.82) is 0 Å². The van der Waals surface area contributed by atoms with Crippen LogP contribution in [-0.4, -0.2) is 58.0 Å². The number of aliphatic imine (C=N–C) groups is 4. The van der Waals surface area contributed by atoms with Gasteiger partial charge in [0.1, 0.15) is 11.7 Å². The zero-order valence-electron chi connectivity index (χ0n) is 36.8. The van der Waals surface area contributed by atoms with E-state index in [2.05, 4.69) is 153 Å². The highest BCUT2D eigenvalue weighted by atomic mass is 79.9. The van der Waals surface area contributed by atoms with E-state index in [1.54, 1.807) is 24.3 Å². The second kappa shape index (κ2) is 24.5. The van der Waals surface area contributed by atoms with E-state index in [-0.39, 0.29) is 0 Å². The van der Waals surface area contributed by atoms with E-state index in [0.717, 1.165) is 49.1 Å². The lowest BCUT2D eigenvalue weighted by Gasteiger charge is -2.27. The minimum Gasteiger partial charge on any atom is -0.352 e. The molecule has 0 spiro atoms. The second-order valence-electron chi connectivity index (χ2n) is 15.2. The molecule has 0 atom stereocenters. The lowest BCUT2D eigenvalue weighted by atomic mass is 10.1. The second-order valence-corrected chi connectivity index (χ2v) is 20.7.